The Balaban J connectivity index is 2.83. The number of halogens is 3. The van der Waals surface area contributed by atoms with Crippen molar-refractivity contribution < 1.29 is 37.3 Å². The molecule has 1 N–H and O–H groups in total. The molecule has 0 fully saturated rings. The predicted octanol–water partition coefficient (Wildman–Crippen LogP) is 2.08. The number of alkyl halides is 3. The van der Waals surface area contributed by atoms with Crippen molar-refractivity contribution in [1.29, 1.82) is 0 Å². The van der Waals surface area contributed by atoms with Crippen molar-refractivity contribution in [2.24, 2.45) is 0 Å². The average molecular weight is 292 g/mol. The zero-order valence-corrected chi connectivity index (χ0v) is 10.1. The van der Waals surface area contributed by atoms with E-state index in [0.717, 1.165) is 18.2 Å². The van der Waals surface area contributed by atoms with Crippen LogP contribution in [0.5, 0.6) is 11.5 Å². The van der Waals surface area contributed by atoms with E-state index in [2.05, 4.69) is 4.74 Å². The van der Waals surface area contributed by atoms with Crippen LogP contribution in [-0.2, 0) is 4.79 Å². The summed E-state index contributed by atoms with van der Waals surface area (Å²) < 4.78 is 44.5. The maximum Gasteiger partial charge on any atom is 0.573 e. The van der Waals surface area contributed by atoms with Crippen LogP contribution in [0.15, 0.2) is 18.2 Å². The second-order valence-electron chi connectivity index (χ2n) is 3.67. The Kier molecular flexibility index (Phi) is 5.51. The highest BCUT2D eigenvalue weighted by molar-refractivity contribution is 5.83. The Labute approximate surface area is 111 Å². The fraction of sp³-hybridized carbons (Fsp3) is 0.333. The average Bonchev–Trinajstić information content (AvgIpc) is 2.36. The molecule has 20 heavy (non-hydrogen) atoms. The number of hydrogen-bond donors (Lipinski definition) is 1. The summed E-state index contributed by atoms with van der Waals surface area (Å²) in [4.78, 5) is 22.1. The van der Waals surface area contributed by atoms with Crippen molar-refractivity contribution in [3.8, 4) is 11.5 Å². The first-order valence-corrected chi connectivity index (χ1v) is 5.52. The highest BCUT2D eigenvalue weighted by Gasteiger charge is 2.31. The van der Waals surface area contributed by atoms with Gasteiger partial charge in [0.1, 0.15) is 11.5 Å². The molecule has 0 saturated carbocycles. The van der Waals surface area contributed by atoms with E-state index in [1.807, 2.05) is 0 Å². The van der Waals surface area contributed by atoms with Gasteiger partial charge >= 0.3 is 12.3 Å². The zero-order chi connectivity index (χ0) is 15.2. The highest BCUT2D eigenvalue weighted by atomic mass is 19.4. The van der Waals surface area contributed by atoms with Gasteiger partial charge in [-0.15, -0.1) is 13.2 Å². The number of aliphatic hydroxyl groups excluding tert-OH is 1. The first kappa shape index (κ1) is 16.0. The normalized spacial score (nSPS) is 11.0. The first-order valence-electron chi connectivity index (χ1n) is 5.52. The third-order valence-electron chi connectivity index (χ3n) is 2.10. The third-order valence-corrected chi connectivity index (χ3v) is 2.10. The Morgan fingerprint density at radius 1 is 1.35 bits per heavy atom. The van der Waals surface area contributed by atoms with Crippen LogP contribution in [-0.4, -0.2) is 30.3 Å². The van der Waals surface area contributed by atoms with Gasteiger partial charge in [0.15, 0.2) is 6.29 Å². The highest BCUT2D eigenvalue weighted by Crippen LogP contribution is 2.27. The summed E-state index contributed by atoms with van der Waals surface area (Å²) in [5.74, 6) is -1.46. The van der Waals surface area contributed by atoms with Gasteiger partial charge in [0, 0.05) is 13.0 Å². The van der Waals surface area contributed by atoms with E-state index in [1.165, 1.54) is 0 Å². The molecule has 0 saturated heterocycles. The van der Waals surface area contributed by atoms with Gasteiger partial charge in [-0.05, 0) is 24.6 Å². The summed E-state index contributed by atoms with van der Waals surface area (Å²) in [5.41, 5.74) is -0.246. The smallest absolute Gasteiger partial charge is 0.426 e. The van der Waals surface area contributed by atoms with Crippen LogP contribution in [0.25, 0.3) is 0 Å². The minimum absolute atomic E-state index is 0.0738. The molecule has 8 heteroatoms. The van der Waals surface area contributed by atoms with Gasteiger partial charge in [-0.25, -0.2) is 0 Å². The fourth-order valence-corrected chi connectivity index (χ4v) is 1.31. The standard InChI is InChI=1S/C12H11F3O5/c13-12(14,15)20-9-3-4-10(8(6-9)7-17)19-11(18)2-1-5-16/h3-4,6-7,16H,1-2,5H2. The lowest BCUT2D eigenvalue weighted by Crippen LogP contribution is -2.17. The molecule has 0 aliphatic heterocycles. The summed E-state index contributed by atoms with van der Waals surface area (Å²) in [7, 11) is 0. The molecule has 1 aromatic rings. The van der Waals surface area contributed by atoms with Gasteiger partial charge in [-0.2, -0.15) is 0 Å². The number of carbonyl (C=O) groups is 2. The van der Waals surface area contributed by atoms with Gasteiger partial charge in [0.25, 0.3) is 0 Å². The molecule has 0 aliphatic carbocycles. The maximum atomic E-state index is 12.0. The number of aldehydes is 1. The molecule has 0 bridgehead atoms. The van der Waals surface area contributed by atoms with Crippen LogP contribution in [0.2, 0.25) is 0 Å². The molecule has 0 amide bonds. The van der Waals surface area contributed by atoms with Crippen molar-refractivity contribution in [3.05, 3.63) is 23.8 Å². The van der Waals surface area contributed by atoms with Crippen molar-refractivity contribution >= 4 is 12.3 Å². The van der Waals surface area contributed by atoms with Gasteiger partial charge < -0.3 is 14.6 Å². The summed E-state index contributed by atoms with van der Waals surface area (Å²) in [5, 5.41) is 8.54. The molecule has 0 spiro atoms. The summed E-state index contributed by atoms with van der Waals surface area (Å²) in [6.07, 6.45) is -4.52. The molecule has 110 valence electrons. The minimum Gasteiger partial charge on any atom is -0.426 e. The van der Waals surface area contributed by atoms with Gasteiger partial charge in [0.05, 0.1) is 5.56 Å². The lowest BCUT2D eigenvalue weighted by Gasteiger charge is -2.11. The number of rotatable bonds is 6. The second kappa shape index (κ2) is 6.90. The van der Waals surface area contributed by atoms with Gasteiger partial charge in [0.2, 0.25) is 0 Å². The number of ether oxygens (including phenoxy) is 2. The van der Waals surface area contributed by atoms with Crippen LogP contribution in [0.4, 0.5) is 13.2 Å². The molecule has 0 aromatic heterocycles. The molecule has 0 atom stereocenters. The van der Waals surface area contributed by atoms with Crippen LogP contribution in [0, 0.1) is 0 Å². The van der Waals surface area contributed by atoms with Crippen LogP contribution < -0.4 is 9.47 Å². The largest absolute Gasteiger partial charge is 0.573 e. The predicted molar refractivity (Wildman–Crippen MR) is 60.5 cm³/mol. The topological polar surface area (TPSA) is 72.8 Å². The minimum atomic E-state index is -4.88. The van der Waals surface area contributed by atoms with Gasteiger partial charge in [-0.3, -0.25) is 9.59 Å². The molecular formula is C12H11F3O5. The Bertz CT molecular complexity index is 484. The van der Waals surface area contributed by atoms with E-state index < -0.39 is 18.1 Å². The zero-order valence-electron chi connectivity index (χ0n) is 10.1. The molecule has 5 nitrogen and oxygen atoms in total. The number of benzene rings is 1. The molecule has 0 unspecified atom stereocenters. The molecule has 0 heterocycles. The molecule has 0 radical (unpaired) electrons. The number of esters is 1. The summed E-state index contributed by atoms with van der Waals surface area (Å²) in [6.45, 7) is -0.200. The maximum absolute atomic E-state index is 12.0. The Morgan fingerprint density at radius 3 is 2.60 bits per heavy atom. The molecule has 0 aliphatic rings. The van der Waals surface area contributed by atoms with E-state index in [1.54, 1.807) is 0 Å². The fourth-order valence-electron chi connectivity index (χ4n) is 1.31. The number of carbonyl (C=O) groups excluding carboxylic acids is 2. The number of hydrogen-bond acceptors (Lipinski definition) is 5. The quantitative estimate of drug-likeness (QED) is 0.493. The van der Waals surface area contributed by atoms with Crippen LogP contribution in [0.1, 0.15) is 23.2 Å². The van der Waals surface area contributed by atoms with Crippen molar-refractivity contribution in [2.45, 2.75) is 19.2 Å². The van der Waals surface area contributed by atoms with E-state index in [9.17, 15) is 22.8 Å². The molecular weight excluding hydrogens is 281 g/mol. The van der Waals surface area contributed by atoms with Crippen LogP contribution in [0.3, 0.4) is 0 Å². The Hall–Kier alpha value is -2.09. The lowest BCUT2D eigenvalue weighted by atomic mass is 10.2. The van der Waals surface area contributed by atoms with Crippen molar-refractivity contribution in [2.75, 3.05) is 6.61 Å². The molecule has 1 aromatic carbocycles. The lowest BCUT2D eigenvalue weighted by molar-refractivity contribution is -0.274. The summed E-state index contributed by atoms with van der Waals surface area (Å²) in [6, 6.07) is 2.77. The van der Waals surface area contributed by atoms with Crippen LogP contribution >= 0.6 is 0 Å². The summed E-state index contributed by atoms with van der Waals surface area (Å²) >= 11 is 0. The monoisotopic (exact) mass is 292 g/mol. The van der Waals surface area contributed by atoms with E-state index in [-0.39, 0.29) is 37.0 Å². The Morgan fingerprint density at radius 2 is 2.05 bits per heavy atom. The van der Waals surface area contributed by atoms with E-state index >= 15 is 0 Å². The van der Waals surface area contributed by atoms with E-state index in [4.69, 9.17) is 9.84 Å². The second-order valence-corrected chi connectivity index (χ2v) is 3.67. The van der Waals surface area contributed by atoms with Crippen molar-refractivity contribution in [1.82, 2.24) is 0 Å². The van der Waals surface area contributed by atoms with Gasteiger partial charge in [-0.1, -0.05) is 0 Å². The van der Waals surface area contributed by atoms with Crippen molar-refractivity contribution in [3.63, 3.8) is 0 Å². The SMILES string of the molecule is O=Cc1cc(OC(F)(F)F)ccc1OC(=O)CCCO. The molecule has 1 rings (SSSR count). The van der Waals surface area contributed by atoms with E-state index in [0.29, 0.717) is 0 Å². The third kappa shape index (κ3) is 5.27. The number of aliphatic hydroxyl groups is 1. The first-order chi connectivity index (χ1) is 9.35.